The monoisotopic (exact) mass is 1160 g/mol. The van der Waals surface area contributed by atoms with Gasteiger partial charge in [0.2, 0.25) is 0 Å². The van der Waals surface area contributed by atoms with Crippen LogP contribution in [0.5, 0.6) is 0 Å². The van der Waals surface area contributed by atoms with Gasteiger partial charge in [0.05, 0.1) is 42.0 Å². The van der Waals surface area contributed by atoms with Gasteiger partial charge in [-0.15, -0.1) is 11.8 Å². The first kappa shape index (κ1) is 57.3. The molecule has 0 unspecified atom stereocenters. The van der Waals surface area contributed by atoms with E-state index in [2.05, 4.69) is 24.6 Å². The van der Waals surface area contributed by atoms with E-state index in [0.717, 1.165) is 65.1 Å². The third-order valence-electron chi connectivity index (χ3n) is 14.8. The number of nitrogens with zero attached hydrogens (tertiary/aromatic N) is 5. The first-order chi connectivity index (χ1) is 37.4. The molecule has 3 aliphatic heterocycles. The maximum atomic E-state index is 15.0. The van der Waals surface area contributed by atoms with Gasteiger partial charge >= 0.3 is 27.7 Å². The molecular weight excluding hydrogens is 1100 g/mol. The number of rotatable bonds is 20. The van der Waals surface area contributed by atoms with Crippen molar-refractivity contribution < 1.29 is 49.7 Å². The number of hydrogen-bond donors (Lipinski definition) is 2. The van der Waals surface area contributed by atoms with Crippen molar-refractivity contribution in [1.82, 2.24) is 9.47 Å². The van der Waals surface area contributed by atoms with Crippen molar-refractivity contribution in [3.63, 3.8) is 0 Å². The molecule has 0 aliphatic carbocycles. The van der Waals surface area contributed by atoms with Gasteiger partial charge in [0, 0.05) is 88.8 Å². The van der Waals surface area contributed by atoms with Gasteiger partial charge in [0.1, 0.15) is 4.90 Å². The molecule has 0 spiro atoms. The lowest BCUT2D eigenvalue weighted by Crippen LogP contribution is -2.46. The number of carboxylic acids is 1. The second-order valence-electron chi connectivity index (χ2n) is 20.0. The molecule has 0 bridgehead atoms. The Balaban J connectivity index is 0.914. The Morgan fingerprint density at radius 2 is 1.53 bits per heavy atom. The highest BCUT2D eigenvalue weighted by molar-refractivity contribution is 7.99. The SMILES string of the molecule is Cc1c(C(=O)O)c(-c2cccc(N3CCN(c4ccc(N5CCO[P@]5(=O)c5ccc(N[C@H](CCN6CCC(COP=O)CC6)CSc6ccccc6)c(S(=O)(=O)C(F)(F)F)c5)cc4)CC3)c2)c(-c2ccc(Cl)cc2)n1C(C)C. The molecule has 6 aromatic rings. The Morgan fingerprint density at radius 3 is 2.17 bits per heavy atom. The van der Waals surface area contributed by atoms with Crippen LogP contribution in [0.3, 0.4) is 0 Å². The smallest absolute Gasteiger partial charge is 0.478 e. The fraction of sp³-hybridized carbons (Fsp3) is 0.375. The van der Waals surface area contributed by atoms with Gasteiger partial charge in [-0.05, 0) is 149 Å². The van der Waals surface area contributed by atoms with Crippen LogP contribution in [-0.4, -0.2) is 112 Å². The number of alkyl halides is 3. The van der Waals surface area contributed by atoms with Gasteiger partial charge in [-0.3, -0.25) is 13.8 Å². The summed E-state index contributed by atoms with van der Waals surface area (Å²) in [6.07, 6.45) is 2.16. The third kappa shape index (κ3) is 12.5. The van der Waals surface area contributed by atoms with Crippen LogP contribution in [0.2, 0.25) is 5.02 Å². The molecule has 14 nitrogen and oxygen atoms in total. The van der Waals surface area contributed by atoms with E-state index >= 15 is 4.57 Å². The molecule has 22 heteroatoms. The fourth-order valence-electron chi connectivity index (χ4n) is 10.8. The van der Waals surface area contributed by atoms with Crippen molar-refractivity contribution in [2.75, 3.05) is 91.1 Å². The molecule has 3 aliphatic rings. The van der Waals surface area contributed by atoms with Gasteiger partial charge in [-0.25, -0.2) is 17.8 Å². The zero-order valence-corrected chi connectivity index (χ0v) is 47.6. The lowest BCUT2D eigenvalue weighted by molar-refractivity contribution is -0.0435. The minimum Gasteiger partial charge on any atom is -0.478 e. The number of hydrogen-bond acceptors (Lipinski definition) is 12. The van der Waals surface area contributed by atoms with E-state index in [-0.39, 0.29) is 50.4 Å². The summed E-state index contributed by atoms with van der Waals surface area (Å²) in [5.74, 6) is -0.322. The number of sulfone groups is 1. The molecule has 0 amide bonds. The van der Waals surface area contributed by atoms with E-state index in [9.17, 15) is 36.1 Å². The highest BCUT2D eigenvalue weighted by Crippen LogP contribution is 2.56. The van der Waals surface area contributed by atoms with Crippen molar-refractivity contribution in [3.8, 4) is 22.4 Å². The van der Waals surface area contributed by atoms with Crippen molar-refractivity contribution in [2.45, 2.75) is 67.4 Å². The lowest BCUT2D eigenvalue weighted by Gasteiger charge is -2.37. The molecule has 0 radical (unpaired) electrons. The topological polar surface area (TPSA) is 154 Å². The molecule has 4 heterocycles. The van der Waals surface area contributed by atoms with Gasteiger partial charge in [-0.2, -0.15) is 13.2 Å². The van der Waals surface area contributed by atoms with Crippen LogP contribution in [0.25, 0.3) is 22.4 Å². The summed E-state index contributed by atoms with van der Waals surface area (Å²) >= 11 is 7.78. The summed E-state index contributed by atoms with van der Waals surface area (Å²) in [5.41, 5.74) is 0.447. The number of thioether (sulfide) groups is 1. The van der Waals surface area contributed by atoms with Crippen LogP contribution in [0.4, 0.5) is 35.9 Å². The number of halogens is 4. The molecule has 9 rings (SSSR count). The molecule has 1 aromatic heterocycles. The maximum Gasteiger partial charge on any atom is 0.501 e. The van der Waals surface area contributed by atoms with Crippen LogP contribution in [0.15, 0.2) is 131 Å². The number of likely N-dealkylation sites (tertiary alicyclic amines) is 1. The van der Waals surface area contributed by atoms with E-state index in [0.29, 0.717) is 73.5 Å². The molecule has 414 valence electrons. The second-order valence-corrected chi connectivity index (χ2v) is 26.2. The van der Waals surface area contributed by atoms with Crippen LogP contribution in [0.1, 0.15) is 55.2 Å². The predicted molar refractivity (Wildman–Crippen MR) is 305 cm³/mol. The normalized spacial score (nSPS) is 18.3. The third-order valence-corrected chi connectivity index (χ3v) is 20.5. The maximum absolute atomic E-state index is 15.0. The van der Waals surface area contributed by atoms with E-state index in [1.54, 1.807) is 24.3 Å². The Labute approximate surface area is 464 Å². The predicted octanol–water partition coefficient (Wildman–Crippen LogP) is 12.9. The lowest BCUT2D eigenvalue weighted by atomic mass is 9.96. The van der Waals surface area contributed by atoms with Gasteiger partial charge in [0.15, 0.2) is 0 Å². The number of nitrogens with one attached hydrogen (secondary N) is 1. The highest BCUT2D eigenvalue weighted by Gasteiger charge is 2.49. The minimum absolute atomic E-state index is 0.00584. The number of piperidine rings is 1. The van der Waals surface area contributed by atoms with Crippen LogP contribution in [-0.2, 0) is 28.0 Å². The molecule has 78 heavy (non-hydrogen) atoms. The zero-order chi connectivity index (χ0) is 55.4. The van der Waals surface area contributed by atoms with Crippen molar-refractivity contribution >= 4 is 83.4 Å². The minimum atomic E-state index is -5.95. The molecule has 3 saturated heterocycles. The second kappa shape index (κ2) is 24.6. The van der Waals surface area contributed by atoms with E-state index in [4.69, 9.17) is 20.6 Å². The molecule has 2 N–H and O–H groups in total. The average Bonchev–Trinajstić information content (AvgIpc) is 4.01. The number of benzene rings is 5. The van der Waals surface area contributed by atoms with Gasteiger partial charge in [0.25, 0.3) is 9.84 Å². The fourth-order valence-corrected chi connectivity index (χ4v) is 15.4. The van der Waals surface area contributed by atoms with E-state index in [1.807, 2.05) is 99.6 Å². The average molecular weight is 1170 g/mol. The van der Waals surface area contributed by atoms with Gasteiger partial charge in [-0.1, -0.05) is 54.1 Å². The Morgan fingerprint density at radius 1 is 0.859 bits per heavy atom. The number of carboxylic acid groups (broad SMARTS) is 1. The number of piperazine rings is 1. The van der Waals surface area contributed by atoms with Crippen molar-refractivity contribution in [2.24, 2.45) is 5.92 Å². The van der Waals surface area contributed by atoms with E-state index < -0.39 is 39.8 Å². The Hall–Kier alpha value is -5.36. The largest absolute Gasteiger partial charge is 0.501 e. The summed E-state index contributed by atoms with van der Waals surface area (Å²) in [4.78, 5) is 19.6. The van der Waals surface area contributed by atoms with Crippen molar-refractivity contribution in [3.05, 3.63) is 138 Å². The Bertz CT molecular complexity index is 3250. The van der Waals surface area contributed by atoms with Crippen molar-refractivity contribution in [1.29, 1.82) is 0 Å². The zero-order valence-electron chi connectivity index (χ0n) is 43.4. The molecular formula is C56H62ClF3N6O8P2S2. The Kier molecular flexibility index (Phi) is 18.1. The summed E-state index contributed by atoms with van der Waals surface area (Å²) in [7, 11) is -10.4. The molecule has 5 aromatic carbocycles. The summed E-state index contributed by atoms with van der Waals surface area (Å²) < 4.78 is 111. The first-order valence-electron chi connectivity index (χ1n) is 25.9. The van der Waals surface area contributed by atoms with Crippen LogP contribution >= 0.6 is 39.6 Å². The van der Waals surface area contributed by atoms with Crippen LogP contribution < -0.4 is 25.1 Å². The number of aromatic carboxylic acids is 1. The van der Waals surface area contributed by atoms with Crippen LogP contribution in [0, 0.1) is 12.8 Å². The number of aromatic nitrogens is 1. The summed E-state index contributed by atoms with van der Waals surface area (Å²) in [6.45, 7) is 11.2. The van der Waals surface area contributed by atoms with E-state index in [1.165, 1.54) is 28.6 Å². The highest BCUT2D eigenvalue weighted by atomic mass is 35.5. The molecule has 0 saturated carbocycles. The summed E-state index contributed by atoms with van der Waals surface area (Å²) in [6, 6.07) is 35.3. The standard InChI is InChI=1S/C56H62ClF3N6O8P2S2/c1-38(2)66-39(3)52(55(67)68)53(54(66)41-12-14-43(57)15-13-41)42-8-7-9-47(34-42)64-30-28-63(29-31-64)45-16-18-46(19-17-45)65-32-33-74-76(65,70)48-20-21-50(51(35-48)78(71,72)56(58,59)60)61-44(37-77-49-10-5-4-6-11-49)24-27-62-25-22-40(23-26-62)36-73-75-69/h4-21,34-35,38,40,44,61H,22-33,36-37H2,1-3H3,(H,67,68)/t44-,76-/m1/s1. The summed E-state index contributed by atoms with van der Waals surface area (Å²) in [5, 5.41) is 14.2. The number of carbonyl (C=O) groups is 1. The molecule has 2 atom stereocenters. The quantitative estimate of drug-likeness (QED) is 0.0550. The number of anilines is 4. The molecule has 3 fully saturated rings. The first-order valence-corrected chi connectivity index (χ1v) is 31.1. The van der Waals surface area contributed by atoms with Gasteiger partial charge < -0.3 is 34.2 Å².